The largest absolute Gasteiger partial charge is 0.350 e. The molecule has 1 saturated heterocycles. The lowest BCUT2D eigenvalue weighted by Crippen LogP contribution is -2.49. The molecule has 8 nitrogen and oxygen atoms in total. The Balaban J connectivity index is 1.11. The normalized spacial score (nSPS) is 16.8. The number of carbonyl (C=O) groups is 1. The van der Waals surface area contributed by atoms with Gasteiger partial charge in [0.25, 0.3) is 0 Å². The molecule has 1 N–H and O–H groups in total. The lowest BCUT2D eigenvalue weighted by atomic mass is 10.0. The number of carbonyl (C=O) groups excluding carboxylic acids is 1. The molecule has 2 aromatic carbocycles. The van der Waals surface area contributed by atoms with E-state index >= 15 is 0 Å². The van der Waals surface area contributed by atoms with E-state index in [9.17, 15) is 4.79 Å². The first-order valence-electron chi connectivity index (χ1n) is 12.0. The van der Waals surface area contributed by atoms with Crippen molar-refractivity contribution >= 4 is 23.4 Å². The highest BCUT2D eigenvalue weighted by Gasteiger charge is 2.40. The molecule has 0 unspecified atom stereocenters. The van der Waals surface area contributed by atoms with Gasteiger partial charge in [-0.1, -0.05) is 54.6 Å². The van der Waals surface area contributed by atoms with Crippen LogP contribution in [0.2, 0.25) is 0 Å². The molecule has 0 aliphatic carbocycles. The Morgan fingerprint density at radius 1 is 1.00 bits per heavy atom. The van der Waals surface area contributed by atoms with Gasteiger partial charge in [0.1, 0.15) is 11.7 Å². The van der Waals surface area contributed by atoms with Gasteiger partial charge < -0.3 is 15.1 Å². The van der Waals surface area contributed by atoms with Crippen molar-refractivity contribution < 1.29 is 4.79 Å². The maximum absolute atomic E-state index is 12.6. The predicted molar refractivity (Wildman–Crippen MR) is 136 cm³/mol. The fourth-order valence-corrected chi connectivity index (χ4v) is 4.90. The molecule has 0 radical (unpaired) electrons. The maximum Gasteiger partial charge on any atom is 0.249 e. The Kier molecular flexibility index (Phi) is 5.41. The molecule has 4 aromatic rings. The number of amides is 1. The summed E-state index contributed by atoms with van der Waals surface area (Å²) in [5, 5.41) is 7.83. The van der Waals surface area contributed by atoms with Crippen LogP contribution in [0.1, 0.15) is 24.0 Å². The van der Waals surface area contributed by atoms with E-state index < -0.39 is 0 Å². The van der Waals surface area contributed by atoms with Crippen LogP contribution in [0.3, 0.4) is 0 Å². The second-order valence-electron chi connectivity index (χ2n) is 9.11. The number of hydrogen-bond acceptors (Lipinski definition) is 6. The van der Waals surface area contributed by atoms with E-state index in [-0.39, 0.29) is 11.9 Å². The highest BCUT2D eigenvalue weighted by atomic mass is 16.2. The summed E-state index contributed by atoms with van der Waals surface area (Å²) in [5.41, 5.74) is 5.45. The van der Waals surface area contributed by atoms with E-state index in [1.807, 2.05) is 23.1 Å². The monoisotopic (exact) mass is 465 g/mol. The molecule has 1 fully saturated rings. The van der Waals surface area contributed by atoms with E-state index in [0.717, 1.165) is 36.5 Å². The van der Waals surface area contributed by atoms with Crippen molar-refractivity contribution in [2.24, 2.45) is 0 Å². The molecule has 0 spiro atoms. The first kappa shape index (κ1) is 21.3. The van der Waals surface area contributed by atoms with Crippen molar-refractivity contribution in [2.45, 2.75) is 32.0 Å². The number of nitrogens with one attached hydrogen (secondary N) is 1. The third-order valence-electron chi connectivity index (χ3n) is 6.79. The second-order valence-corrected chi connectivity index (χ2v) is 9.11. The standard InChI is InChI=1S/C27H27N7O/c1-32-24-16-29-27(31-25(24)34-13-5-8-23(34)26(32)35)28-14-20-15-30-33(18-20)17-19-9-11-22(12-10-19)21-6-3-2-4-7-21/h2-4,6-7,9-12,15-16,18,23H,5,8,13-14,17H2,1H3,(H,28,29,31)/t23-/m0/s1. The molecule has 1 atom stereocenters. The van der Waals surface area contributed by atoms with Crippen LogP contribution in [0.5, 0.6) is 0 Å². The van der Waals surface area contributed by atoms with E-state index in [1.165, 1.54) is 16.7 Å². The number of likely N-dealkylation sites (N-methyl/N-ethyl adjacent to an activating group) is 1. The van der Waals surface area contributed by atoms with E-state index in [0.29, 0.717) is 19.0 Å². The molecule has 2 aliphatic rings. The smallest absolute Gasteiger partial charge is 0.249 e. The van der Waals surface area contributed by atoms with Crippen LogP contribution in [0.15, 0.2) is 73.2 Å². The lowest BCUT2D eigenvalue weighted by molar-refractivity contribution is -0.119. The summed E-state index contributed by atoms with van der Waals surface area (Å²) in [6.45, 7) is 2.14. The summed E-state index contributed by atoms with van der Waals surface area (Å²) in [5.74, 6) is 1.52. The first-order chi connectivity index (χ1) is 17.2. The highest BCUT2D eigenvalue weighted by molar-refractivity contribution is 6.04. The number of hydrogen-bond donors (Lipinski definition) is 1. The Labute approximate surface area is 204 Å². The van der Waals surface area contributed by atoms with Crippen molar-refractivity contribution in [1.82, 2.24) is 19.7 Å². The van der Waals surface area contributed by atoms with Crippen LogP contribution in [0.4, 0.5) is 17.5 Å². The number of nitrogens with zero attached hydrogens (tertiary/aromatic N) is 6. The summed E-state index contributed by atoms with van der Waals surface area (Å²) in [6, 6.07) is 18.9. The zero-order chi connectivity index (χ0) is 23.8. The van der Waals surface area contributed by atoms with Crippen LogP contribution >= 0.6 is 0 Å². The minimum atomic E-state index is -0.102. The molecule has 2 aliphatic heterocycles. The van der Waals surface area contributed by atoms with Gasteiger partial charge in [-0.3, -0.25) is 9.48 Å². The topological polar surface area (TPSA) is 79.2 Å². The van der Waals surface area contributed by atoms with Gasteiger partial charge in [0, 0.05) is 31.9 Å². The van der Waals surface area contributed by atoms with Gasteiger partial charge in [-0.05, 0) is 29.5 Å². The van der Waals surface area contributed by atoms with Crippen LogP contribution in [-0.2, 0) is 17.9 Å². The van der Waals surface area contributed by atoms with E-state index in [4.69, 9.17) is 4.98 Å². The van der Waals surface area contributed by atoms with Crippen LogP contribution < -0.4 is 15.1 Å². The molecule has 176 valence electrons. The van der Waals surface area contributed by atoms with Crippen LogP contribution in [0, 0.1) is 0 Å². The molecular weight excluding hydrogens is 438 g/mol. The Hall–Kier alpha value is -4.20. The lowest BCUT2D eigenvalue weighted by Gasteiger charge is -2.36. The van der Waals surface area contributed by atoms with Gasteiger partial charge in [0.05, 0.1) is 18.9 Å². The number of benzene rings is 2. The molecule has 35 heavy (non-hydrogen) atoms. The van der Waals surface area contributed by atoms with Crippen LogP contribution in [-0.4, -0.2) is 45.3 Å². The average Bonchev–Trinajstić information content (AvgIpc) is 3.57. The van der Waals surface area contributed by atoms with Gasteiger partial charge in [-0.15, -0.1) is 0 Å². The Morgan fingerprint density at radius 2 is 1.80 bits per heavy atom. The van der Waals surface area contributed by atoms with Gasteiger partial charge in [-0.2, -0.15) is 10.1 Å². The highest BCUT2D eigenvalue weighted by Crippen LogP contribution is 2.37. The second kappa shape index (κ2) is 8.87. The number of aromatic nitrogens is 4. The van der Waals surface area contributed by atoms with Gasteiger partial charge in [-0.25, -0.2) is 4.98 Å². The fraction of sp³-hybridized carbons (Fsp3) is 0.259. The predicted octanol–water partition coefficient (Wildman–Crippen LogP) is 3.95. The molecule has 8 heteroatoms. The summed E-state index contributed by atoms with van der Waals surface area (Å²) in [6.07, 6.45) is 7.53. The summed E-state index contributed by atoms with van der Waals surface area (Å²) < 4.78 is 1.94. The van der Waals surface area contributed by atoms with Crippen molar-refractivity contribution in [1.29, 1.82) is 0 Å². The average molecular weight is 466 g/mol. The SMILES string of the molecule is CN1C(=O)[C@@H]2CCCN2c2nc(NCc3cnn(Cc4ccc(-c5ccccc5)cc4)c3)ncc21. The van der Waals surface area contributed by atoms with E-state index in [2.05, 4.69) is 68.8 Å². The Bertz CT molecular complexity index is 1350. The molecular formula is C27H27N7O. The number of fused-ring (bicyclic) bond motifs is 3. The van der Waals surface area contributed by atoms with Gasteiger partial charge >= 0.3 is 0 Å². The quantitative estimate of drug-likeness (QED) is 0.465. The zero-order valence-electron chi connectivity index (χ0n) is 19.6. The van der Waals surface area contributed by atoms with Crippen LogP contribution in [0.25, 0.3) is 11.1 Å². The number of rotatable bonds is 6. The van der Waals surface area contributed by atoms with Crippen molar-refractivity contribution in [3.8, 4) is 11.1 Å². The summed E-state index contributed by atoms with van der Waals surface area (Å²) in [4.78, 5) is 25.6. The summed E-state index contributed by atoms with van der Waals surface area (Å²) in [7, 11) is 1.80. The van der Waals surface area contributed by atoms with Crippen molar-refractivity contribution in [2.75, 3.05) is 28.7 Å². The molecule has 0 saturated carbocycles. The minimum absolute atomic E-state index is 0.102. The zero-order valence-corrected chi connectivity index (χ0v) is 19.6. The van der Waals surface area contributed by atoms with E-state index in [1.54, 1.807) is 18.1 Å². The summed E-state index contributed by atoms with van der Waals surface area (Å²) >= 11 is 0. The first-order valence-corrected chi connectivity index (χ1v) is 12.0. The van der Waals surface area contributed by atoms with Crippen molar-refractivity contribution in [3.05, 3.63) is 84.3 Å². The van der Waals surface area contributed by atoms with Gasteiger partial charge in [0.2, 0.25) is 11.9 Å². The number of anilines is 3. The maximum atomic E-state index is 12.6. The minimum Gasteiger partial charge on any atom is -0.350 e. The molecule has 1 amide bonds. The Morgan fingerprint density at radius 3 is 2.63 bits per heavy atom. The molecule has 0 bridgehead atoms. The fourth-order valence-electron chi connectivity index (χ4n) is 4.90. The van der Waals surface area contributed by atoms with Crippen molar-refractivity contribution in [3.63, 3.8) is 0 Å². The molecule has 6 rings (SSSR count). The third kappa shape index (κ3) is 4.12. The molecule has 2 aromatic heterocycles. The molecule has 4 heterocycles. The van der Waals surface area contributed by atoms with Gasteiger partial charge in [0.15, 0.2) is 5.82 Å². The third-order valence-corrected chi connectivity index (χ3v) is 6.79.